The molecule has 0 spiro atoms. The van der Waals surface area contributed by atoms with Gasteiger partial charge < -0.3 is 11.1 Å². The van der Waals surface area contributed by atoms with Crippen LogP contribution in [0.1, 0.15) is 65.2 Å². The molecule has 2 aliphatic carbocycles. The lowest BCUT2D eigenvalue weighted by Crippen LogP contribution is -2.41. The minimum Gasteiger partial charge on any atom is -0.353 e. The number of nitrogens with two attached hydrogens (primary N) is 1. The van der Waals surface area contributed by atoms with Crippen molar-refractivity contribution in [2.75, 3.05) is 0 Å². The number of nitrogens with one attached hydrogen (secondary N) is 1. The molecule has 2 saturated carbocycles. The highest BCUT2D eigenvalue weighted by Gasteiger charge is 2.28. The van der Waals surface area contributed by atoms with Crippen molar-refractivity contribution in [3.05, 3.63) is 0 Å². The Hall–Kier alpha value is -0.570. The summed E-state index contributed by atoms with van der Waals surface area (Å²) in [6, 6.07) is 0.659. The van der Waals surface area contributed by atoms with Crippen LogP contribution in [0.25, 0.3) is 0 Å². The molecule has 2 aliphatic rings. The Labute approximate surface area is 117 Å². The lowest BCUT2D eigenvalue weighted by molar-refractivity contribution is -0.123. The van der Waals surface area contributed by atoms with Gasteiger partial charge in [0, 0.05) is 18.5 Å². The van der Waals surface area contributed by atoms with Crippen LogP contribution >= 0.6 is 0 Å². The van der Waals surface area contributed by atoms with Crippen LogP contribution in [0.15, 0.2) is 0 Å². The molecule has 0 radical (unpaired) electrons. The Kier molecular flexibility index (Phi) is 5.26. The highest BCUT2D eigenvalue weighted by atomic mass is 16.1. The Morgan fingerprint density at radius 3 is 2.58 bits per heavy atom. The summed E-state index contributed by atoms with van der Waals surface area (Å²) in [5.74, 6) is 2.18. The van der Waals surface area contributed by atoms with Crippen LogP contribution in [0.4, 0.5) is 0 Å². The number of hydrogen-bond acceptors (Lipinski definition) is 2. The van der Waals surface area contributed by atoms with Crippen molar-refractivity contribution < 1.29 is 4.79 Å². The van der Waals surface area contributed by atoms with Crippen LogP contribution in [-0.4, -0.2) is 18.0 Å². The molecule has 3 N–H and O–H groups in total. The van der Waals surface area contributed by atoms with E-state index in [4.69, 9.17) is 5.73 Å². The van der Waals surface area contributed by atoms with Gasteiger partial charge in [0.05, 0.1) is 0 Å². The molecule has 0 heterocycles. The number of carbonyl (C=O) groups is 1. The van der Waals surface area contributed by atoms with Crippen LogP contribution < -0.4 is 11.1 Å². The van der Waals surface area contributed by atoms with Gasteiger partial charge in [0.1, 0.15) is 0 Å². The van der Waals surface area contributed by atoms with Crippen molar-refractivity contribution in [3.8, 4) is 0 Å². The summed E-state index contributed by atoms with van der Waals surface area (Å²) in [7, 11) is 0. The molecule has 2 unspecified atom stereocenters. The largest absolute Gasteiger partial charge is 0.353 e. The summed E-state index contributed by atoms with van der Waals surface area (Å²) >= 11 is 0. The van der Waals surface area contributed by atoms with E-state index in [1.165, 1.54) is 25.7 Å². The van der Waals surface area contributed by atoms with Crippen LogP contribution in [-0.2, 0) is 4.79 Å². The molecule has 110 valence electrons. The van der Waals surface area contributed by atoms with Crippen molar-refractivity contribution in [1.29, 1.82) is 0 Å². The Morgan fingerprint density at radius 2 is 1.95 bits per heavy atom. The molecule has 0 bridgehead atoms. The summed E-state index contributed by atoms with van der Waals surface area (Å²) in [5.41, 5.74) is 6.04. The Morgan fingerprint density at radius 1 is 1.21 bits per heavy atom. The third-order valence-corrected chi connectivity index (χ3v) is 5.19. The molecule has 19 heavy (non-hydrogen) atoms. The highest BCUT2D eigenvalue weighted by Crippen LogP contribution is 2.30. The summed E-state index contributed by atoms with van der Waals surface area (Å²) in [6.45, 7) is 4.60. The maximum atomic E-state index is 12.1. The average Bonchev–Trinajstić information content (AvgIpc) is 2.75. The van der Waals surface area contributed by atoms with E-state index in [1.807, 2.05) is 0 Å². The van der Waals surface area contributed by atoms with Crippen LogP contribution in [0, 0.1) is 17.8 Å². The topological polar surface area (TPSA) is 55.1 Å². The fourth-order valence-electron chi connectivity index (χ4n) is 3.81. The van der Waals surface area contributed by atoms with Crippen LogP contribution in [0.5, 0.6) is 0 Å². The van der Waals surface area contributed by atoms with Gasteiger partial charge in [-0.15, -0.1) is 0 Å². The fraction of sp³-hybridized carbons (Fsp3) is 0.938. The standard InChI is InChI=1S/C16H30N2O/c1-11(2)12-5-3-7-14(9-12)18-16(19)10-13-6-4-8-15(13)17/h11-15H,3-10,17H2,1-2H3,(H,18,19)/t12?,13-,14?,15+/m0/s1. The average molecular weight is 266 g/mol. The quantitative estimate of drug-likeness (QED) is 0.822. The molecule has 2 fully saturated rings. The first-order valence-corrected chi connectivity index (χ1v) is 8.11. The molecular formula is C16H30N2O. The van der Waals surface area contributed by atoms with Gasteiger partial charge in [-0.25, -0.2) is 0 Å². The van der Waals surface area contributed by atoms with E-state index in [0.717, 1.165) is 31.1 Å². The van der Waals surface area contributed by atoms with Crippen LogP contribution in [0.3, 0.4) is 0 Å². The van der Waals surface area contributed by atoms with Gasteiger partial charge in [0.2, 0.25) is 5.91 Å². The Bertz CT molecular complexity index is 303. The lowest BCUT2D eigenvalue weighted by atomic mass is 9.79. The number of amides is 1. The van der Waals surface area contributed by atoms with Crippen molar-refractivity contribution in [2.45, 2.75) is 77.3 Å². The van der Waals surface area contributed by atoms with E-state index in [9.17, 15) is 4.79 Å². The predicted molar refractivity (Wildman–Crippen MR) is 78.7 cm³/mol. The van der Waals surface area contributed by atoms with E-state index in [-0.39, 0.29) is 11.9 Å². The van der Waals surface area contributed by atoms with Gasteiger partial charge in [-0.3, -0.25) is 4.79 Å². The van der Waals surface area contributed by atoms with Crippen molar-refractivity contribution in [2.24, 2.45) is 23.5 Å². The maximum absolute atomic E-state index is 12.1. The molecule has 0 aromatic rings. The van der Waals surface area contributed by atoms with Crippen LogP contribution in [0.2, 0.25) is 0 Å². The molecule has 0 aromatic carbocycles. The number of hydrogen-bond donors (Lipinski definition) is 2. The molecule has 0 saturated heterocycles. The minimum atomic E-state index is 0.233. The number of rotatable bonds is 4. The first-order valence-electron chi connectivity index (χ1n) is 8.11. The van der Waals surface area contributed by atoms with Gasteiger partial charge in [-0.2, -0.15) is 0 Å². The first kappa shape index (κ1) is 14.8. The van der Waals surface area contributed by atoms with E-state index in [2.05, 4.69) is 19.2 Å². The molecule has 0 aliphatic heterocycles. The molecule has 1 amide bonds. The zero-order valence-electron chi connectivity index (χ0n) is 12.5. The fourth-order valence-corrected chi connectivity index (χ4v) is 3.81. The minimum absolute atomic E-state index is 0.233. The zero-order valence-corrected chi connectivity index (χ0v) is 12.5. The van der Waals surface area contributed by atoms with Crippen molar-refractivity contribution >= 4 is 5.91 Å². The SMILES string of the molecule is CC(C)C1CCCC(NC(=O)C[C@@H]2CCC[C@H]2N)C1. The van der Waals surface area contributed by atoms with Gasteiger partial charge in [-0.05, 0) is 43.4 Å². The normalized spacial score (nSPS) is 35.6. The lowest BCUT2D eigenvalue weighted by Gasteiger charge is -2.32. The van der Waals surface area contributed by atoms with E-state index >= 15 is 0 Å². The monoisotopic (exact) mass is 266 g/mol. The highest BCUT2D eigenvalue weighted by molar-refractivity contribution is 5.76. The van der Waals surface area contributed by atoms with Gasteiger partial charge >= 0.3 is 0 Å². The van der Waals surface area contributed by atoms with Gasteiger partial charge in [-0.1, -0.05) is 33.1 Å². The second kappa shape index (κ2) is 6.74. The third kappa shape index (κ3) is 4.20. The molecule has 2 rings (SSSR count). The smallest absolute Gasteiger partial charge is 0.220 e. The summed E-state index contributed by atoms with van der Waals surface area (Å²) in [4.78, 5) is 12.1. The van der Waals surface area contributed by atoms with E-state index in [1.54, 1.807) is 0 Å². The summed E-state index contributed by atoms with van der Waals surface area (Å²) in [5, 5.41) is 3.26. The molecule has 4 atom stereocenters. The third-order valence-electron chi connectivity index (χ3n) is 5.19. The van der Waals surface area contributed by atoms with Gasteiger partial charge in [0.15, 0.2) is 0 Å². The second-order valence-electron chi connectivity index (χ2n) is 6.99. The summed E-state index contributed by atoms with van der Waals surface area (Å²) in [6.07, 6.45) is 8.98. The molecule has 3 nitrogen and oxygen atoms in total. The maximum Gasteiger partial charge on any atom is 0.220 e. The Balaban J connectivity index is 1.75. The van der Waals surface area contributed by atoms with E-state index in [0.29, 0.717) is 18.4 Å². The first-order chi connectivity index (χ1) is 9.06. The van der Waals surface area contributed by atoms with Gasteiger partial charge in [0.25, 0.3) is 0 Å². The van der Waals surface area contributed by atoms with Crippen molar-refractivity contribution in [3.63, 3.8) is 0 Å². The second-order valence-corrected chi connectivity index (χ2v) is 6.99. The van der Waals surface area contributed by atoms with E-state index < -0.39 is 0 Å². The predicted octanol–water partition coefficient (Wildman–Crippen LogP) is 2.83. The summed E-state index contributed by atoms with van der Waals surface area (Å²) < 4.78 is 0. The zero-order chi connectivity index (χ0) is 13.8. The molecule has 0 aromatic heterocycles. The molecular weight excluding hydrogens is 236 g/mol. The molecule has 3 heteroatoms. The number of carbonyl (C=O) groups excluding carboxylic acids is 1. The van der Waals surface area contributed by atoms with Crippen molar-refractivity contribution in [1.82, 2.24) is 5.32 Å².